The summed E-state index contributed by atoms with van der Waals surface area (Å²) in [4.78, 5) is 47.1. The van der Waals surface area contributed by atoms with E-state index < -0.39 is 24.5 Å². The predicted molar refractivity (Wildman–Crippen MR) is 176 cm³/mol. The average Bonchev–Trinajstić information content (AvgIpc) is 3.00. The maximum absolute atomic E-state index is 12.5. The first-order chi connectivity index (χ1) is 21.3. The molecule has 9 heteroatoms. The van der Waals surface area contributed by atoms with Crippen LogP contribution in [0.25, 0.3) is 0 Å². The molecule has 0 aliphatic carbocycles. The molecule has 0 aromatic carbocycles. The number of carboxylic acids is 1. The lowest BCUT2D eigenvalue weighted by Gasteiger charge is -2.15. The van der Waals surface area contributed by atoms with Gasteiger partial charge in [-0.05, 0) is 51.0 Å². The summed E-state index contributed by atoms with van der Waals surface area (Å²) in [5.41, 5.74) is 0. The Bertz CT molecular complexity index is 813. The van der Waals surface area contributed by atoms with Crippen LogP contribution in [0.15, 0.2) is 24.3 Å². The van der Waals surface area contributed by atoms with E-state index in [1.54, 1.807) is 0 Å². The maximum Gasteiger partial charge on any atom is 0.328 e. The van der Waals surface area contributed by atoms with Crippen LogP contribution in [-0.4, -0.2) is 59.3 Å². The number of aliphatic hydroxyl groups is 1. The molecular formula is C35H62N2O7. The van der Waals surface area contributed by atoms with Crippen molar-refractivity contribution < 1.29 is 34.1 Å². The number of unbranched alkanes of at least 4 members (excludes halogenated alkanes) is 14. The number of allylic oxidation sites excluding steroid dienone is 3. The number of carbonyl (C=O) groups excluding carboxylic acids is 3. The molecule has 2 atom stereocenters. The number of aliphatic hydroxyl groups excluding tert-OH is 1. The van der Waals surface area contributed by atoms with Gasteiger partial charge in [0.15, 0.2) is 0 Å². The number of hydrogen-bond donors (Lipinski definition) is 4. The number of rotatable bonds is 30. The normalized spacial score (nSPS) is 12.8. The number of ether oxygens (including phenoxy) is 1. The Balaban J connectivity index is 4.38. The molecule has 0 aromatic rings. The number of hydrogen-bond acceptors (Lipinski definition) is 6. The summed E-state index contributed by atoms with van der Waals surface area (Å²) in [5.74, 6) is -2.43. The summed E-state index contributed by atoms with van der Waals surface area (Å²) in [6.07, 6.45) is 29.4. The summed E-state index contributed by atoms with van der Waals surface area (Å²) < 4.78 is 5.83. The van der Waals surface area contributed by atoms with Crippen molar-refractivity contribution in [1.29, 1.82) is 0 Å². The minimum absolute atomic E-state index is 0.132. The molecule has 9 nitrogen and oxygen atoms in total. The van der Waals surface area contributed by atoms with Crippen molar-refractivity contribution in [1.82, 2.24) is 10.6 Å². The zero-order valence-electron chi connectivity index (χ0n) is 27.7. The third-order valence-corrected chi connectivity index (χ3v) is 7.44. The second-order valence-electron chi connectivity index (χ2n) is 11.6. The highest BCUT2D eigenvalue weighted by atomic mass is 16.5. The maximum atomic E-state index is 12.5. The fraction of sp³-hybridized carbons (Fsp3) is 0.771. The molecule has 254 valence electrons. The number of aliphatic carboxylic acids is 1. The molecule has 44 heavy (non-hydrogen) atoms. The molecule has 0 spiro atoms. The number of esters is 1. The highest BCUT2D eigenvalue weighted by Crippen LogP contribution is 2.15. The van der Waals surface area contributed by atoms with Crippen molar-refractivity contribution >= 4 is 23.8 Å². The summed E-state index contributed by atoms with van der Waals surface area (Å²) in [6, 6.07) is -1.39. The first kappa shape index (κ1) is 41.3. The van der Waals surface area contributed by atoms with Gasteiger partial charge in [0.2, 0.25) is 11.8 Å². The standard InChI is InChI=1S/C35H62N2O7/c1-3-5-7-9-11-13-15-17-23-27-34(41)44-30(24-20-16-14-12-10-8-6-4-2)25-21-18-19-22-26-32(39)36-28-33(40)37-31(29-38)35(42)43/h12,14,20,24,30-31,38H,3-11,13,15-19,21-23,25-29H2,1-2H3,(H,36,39)(H,37,40)(H,42,43)/b14-12-,24-20-. The van der Waals surface area contributed by atoms with E-state index in [0.29, 0.717) is 12.8 Å². The molecule has 0 saturated heterocycles. The van der Waals surface area contributed by atoms with Gasteiger partial charge in [-0.1, -0.05) is 109 Å². The van der Waals surface area contributed by atoms with Crippen LogP contribution in [0.5, 0.6) is 0 Å². The highest BCUT2D eigenvalue weighted by Gasteiger charge is 2.18. The minimum atomic E-state index is -1.39. The van der Waals surface area contributed by atoms with Gasteiger partial charge in [-0.2, -0.15) is 0 Å². The van der Waals surface area contributed by atoms with E-state index in [1.807, 2.05) is 6.08 Å². The summed E-state index contributed by atoms with van der Waals surface area (Å²) in [7, 11) is 0. The second-order valence-corrected chi connectivity index (χ2v) is 11.6. The monoisotopic (exact) mass is 622 g/mol. The van der Waals surface area contributed by atoms with Crippen LogP contribution in [0, 0.1) is 0 Å². The van der Waals surface area contributed by atoms with Crippen LogP contribution in [0.3, 0.4) is 0 Å². The smallest absolute Gasteiger partial charge is 0.328 e. The Kier molecular flexibility index (Phi) is 28.5. The zero-order valence-corrected chi connectivity index (χ0v) is 27.7. The Morgan fingerprint density at radius 1 is 0.705 bits per heavy atom. The quantitative estimate of drug-likeness (QED) is 0.0387. The zero-order chi connectivity index (χ0) is 32.7. The molecule has 0 bridgehead atoms. The summed E-state index contributed by atoms with van der Waals surface area (Å²) in [5, 5.41) is 22.4. The fourth-order valence-electron chi connectivity index (χ4n) is 4.72. The topological polar surface area (TPSA) is 142 Å². The molecule has 0 saturated carbocycles. The summed E-state index contributed by atoms with van der Waals surface area (Å²) >= 11 is 0. The van der Waals surface area contributed by atoms with Gasteiger partial charge >= 0.3 is 11.9 Å². The van der Waals surface area contributed by atoms with Gasteiger partial charge in [-0.15, -0.1) is 0 Å². The van der Waals surface area contributed by atoms with Crippen LogP contribution in [-0.2, 0) is 23.9 Å². The molecule has 0 radical (unpaired) electrons. The second kappa shape index (κ2) is 30.4. The number of carbonyl (C=O) groups is 4. The van der Waals surface area contributed by atoms with Crippen LogP contribution < -0.4 is 10.6 Å². The van der Waals surface area contributed by atoms with Crippen molar-refractivity contribution in [3.05, 3.63) is 24.3 Å². The van der Waals surface area contributed by atoms with Crippen LogP contribution in [0.2, 0.25) is 0 Å². The van der Waals surface area contributed by atoms with Gasteiger partial charge in [0.05, 0.1) is 13.2 Å². The van der Waals surface area contributed by atoms with Gasteiger partial charge in [-0.25, -0.2) is 4.79 Å². The lowest BCUT2D eigenvalue weighted by atomic mass is 10.1. The Labute approximate surface area is 266 Å². The number of nitrogens with one attached hydrogen (secondary N) is 2. The van der Waals surface area contributed by atoms with E-state index in [1.165, 1.54) is 64.2 Å². The van der Waals surface area contributed by atoms with Crippen LogP contribution >= 0.6 is 0 Å². The molecule has 0 fully saturated rings. The molecule has 2 amide bonds. The summed E-state index contributed by atoms with van der Waals surface area (Å²) in [6.45, 7) is 3.37. The Morgan fingerprint density at radius 2 is 1.30 bits per heavy atom. The first-order valence-electron chi connectivity index (χ1n) is 17.2. The molecule has 0 heterocycles. The molecular weight excluding hydrogens is 560 g/mol. The predicted octanol–water partition coefficient (Wildman–Crippen LogP) is 6.92. The average molecular weight is 623 g/mol. The Hall–Kier alpha value is -2.68. The molecule has 4 N–H and O–H groups in total. The largest absolute Gasteiger partial charge is 0.480 e. The van der Waals surface area contributed by atoms with E-state index in [-0.39, 0.29) is 30.9 Å². The van der Waals surface area contributed by atoms with Crippen molar-refractivity contribution in [2.45, 2.75) is 161 Å². The van der Waals surface area contributed by atoms with E-state index in [0.717, 1.165) is 51.4 Å². The highest BCUT2D eigenvalue weighted by molar-refractivity contribution is 5.87. The lowest BCUT2D eigenvalue weighted by Crippen LogP contribution is -2.47. The van der Waals surface area contributed by atoms with Crippen molar-refractivity contribution in [2.75, 3.05) is 13.2 Å². The van der Waals surface area contributed by atoms with E-state index >= 15 is 0 Å². The fourth-order valence-corrected chi connectivity index (χ4v) is 4.72. The van der Waals surface area contributed by atoms with Crippen molar-refractivity contribution in [2.24, 2.45) is 0 Å². The SMILES string of the molecule is CCCCC/C=C\C/C=C\C(CCCCCCC(=O)NCC(=O)NC(CO)C(=O)O)OC(=O)CCCCCCCCCCC. The van der Waals surface area contributed by atoms with Crippen LogP contribution in [0.4, 0.5) is 0 Å². The molecule has 0 aliphatic heterocycles. The van der Waals surface area contributed by atoms with Gasteiger partial charge in [0.1, 0.15) is 12.1 Å². The lowest BCUT2D eigenvalue weighted by molar-refractivity contribution is -0.147. The van der Waals surface area contributed by atoms with E-state index in [9.17, 15) is 19.2 Å². The van der Waals surface area contributed by atoms with Gasteiger partial charge in [-0.3, -0.25) is 14.4 Å². The van der Waals surface area contributed by atoms with E-state index in [2.05, 4.69) is 42.7 Å². The van der Waals surface area contributed by atoms with Crippen molar-refractivity contribution in [3.8, 4) is 0 Å². The third-order valence-electron chi connectivity index (χ3n) is 7.44. The molecule has 0 aromatic heterocycles. The molecule has 0 aliphatic rings. The first-order valence-corrected chi connectivity index (χ1v) is 17.2. The van der Waals surface area contributed by atoms with E-state index in [4.69, 9.17) is 14.9 Å². The number of amides is 2. The van der Waals surface area contributed by atoms with Crippen molar-refractivity contribution in [3.63, 3.8) is 0 Å². The van der Waals surface area contributed by atoms with Gasteiger partial charge < -0.3 is 25.6 Å². The molecule has 0 rings (SSSR count). The number of carboxylic acid groups (broad SMARTS) is 1. The molecule has 2 unspecified atom stereocenters. The minimum Gasteiger partial charge on any atom is -0.480 e. The van der Waals surface area contributed by atoms with Crippen LogP contribution in [0.1, 0.15) is 149 Å². The van der Waals surface area contributed by atoms with Gasteiger partial charge in [0.25, 0.3) is 0 Å². The Morgan fingerprint density at radius 3 is 1.93 bits per heavy atom. The third kappa shape index (κ3) is 26.9. The van der Waals surface area contributed by atoms with Gasteiger partial charge in [0, 0.05) is 12.8 Å².